The number of hydrogen-bond donors (Lipinski definition) is 2. The lowest BCUT2D eigenvalue weighted by molar-refractivity contribution is 0.515. The van der Waals surface area contributed by atoms with Crippen LogP contribution in [0.3, 0.4) is 0 Å². The highest BCUT2D eigenvalue weighted by atomic mass is 79.9. The van der Waals surface area contributed by atoms with Crippen LogP contribution in [0.4, 0.5) is 5.82 Å². The lowest BCUT2D eigenvalue weighted by atomic mass is 10.0. The minimum Gasteiger partial charge on any atom is -0.366 e. The largest absolute Gasteiger partial charge is 0.366 e. The molecule has 1 heterocycles. The normalized spacial score (nSPS) is 25.5. The molecule has 2 unspecified atom stereocenters. The number of halogens is 1. The van der Waals surface area contributed by atoms with E-state index in [-0.39, 0.29) is 0 Å². The van der Waals surface area contributed by atoms with Gasteiger partial charge in [0, 0.05) is 12.2 Å². The zero-order chi connectivity index (χ0) is 10.7. The average molecular weight is 270 g/mol. The summed E-state index contributed by atoms with van der Waals surface area (Å²) in [6.07, 6.45) is 5.51. The van der Waals surface area contributed by atoms with Crippen molar-refractivity contribution in [3.63, 3.8) is 0 Å². The summed E-state index contributed by atoms with van der Waals surface area (Å²) >= 11 is 3.49. The van der Waals surface area contributed by atoms with Crippen molar-refractivity contribution in [1.82, 2.24) is 4.98 Å². The number of hydrogen-bond acceptors (Lipinski definition) is 3. The molecule has 0 aliphatic heterocycles. The lowest BCUT2D eigenvalue weighted by Gasteiger charge is -2.20. The highest BCUT2D eigenvalue weighted by Gasteiger charge is 2.26. The second-order valence-corrected chi connectivity index (χ2v) is 4.87. The number of pyridine rings is 1. The standard InChI is InChI=1S/C11H16BrN3/c12-9-4-2-6-14-11(9)15-10-5-1-3-8(10)7-13/h2,4,6,8,10H,1,3,5,7,13H2,(H,14,15). The van der Waals surface area contributed by atoms with Crippen molar-refractivity contribution in [3.8, 4) is 0 Å². The van der Waals surface area contributed by atoms with Crippen LogP contribution in [0, 0.1) is 5.92 Å². The topological polar surface area (TPSA) is 50.9 Å². The van der Waals surface area contributed by atoms with Crippen LogP contribution in [0.15, 0.2) is 22.8 Å². The first-order valence-electron chi connectivity index (χ1n) is 5.38. The number of rotatable bonds is 3. The first kappa shape index (κ1) is 10.9. The molecule has 1 aromatic heterocycles. The van der Waals surface area contributed by atoms with E-state index in [1.807, 2.05) is 12.1 Å². The van der Waals surface area contributed by atoms with Crippen LogP contribution in [0.1, 0.15) is 19.3 Å². The van der Waals surface area contributed by atoms with Crippen LogP contribution in [0.2, 0.25) is 0 Å². The summed E-state index contributed by atoms with van der Waals surface area (Å²) in [5.41, 5.74) is 5.74. The summed E-state index contributed by atoms with van der Waals surface area (Å²) in [7, 11) is 0. The minimum atomic E-state index is 0.487. The number of anilines is 1. The van der Waals surface area contributed by atoms with Crippen molar-refractivity contribution in [3.05, 3.63) is 22.8 Å². The molecule has 1 fully saturated rings. The Morgan fingerprint density at radius 3 is 3.13 bits per heavy atom. The Hall–Kier alpha value is -0.610. The van der Waals surface area contributed by atoms with Gasteiger partial charge in [0.05, 0.1) is 4.47 Å². The van der Waals surface area contributed by atoms with Crippen molar-refractivity contribution in [1.29, 1.82) is 0 Å². The molecule has 0 aromatic carbocycles. The van der Waals surface area contributed by atoms with Gasteiger partial charge in [0.1, 0.15) is 5.82 Å². The van der Waals surface area contributed by atoms with Gasteiger partial charge in [-0.3, -0.25) is 0 Å². The van der Waals surface area contributed by atoms with Gasteiger partial charge in [-0.2, -0.15) is 0 Å². The molecule has 0 saturated heterocycles. The SMILES string of the molecule is NCC1CCCC1Nc1ncccc1Br. The third kappa shape index (κ3) is 2.49. The van der Waals surface area contributed by atoms with E-state index in [2.05, 4.69) is 26.2 Å². The predicted octanol–water partition coefficient (Wildman–Crippen LogP) is 2.38. The fraction of sp³-hybridized carbons (Fsp3) is 0.545. The molecule has 82 valence electrons. The maximum Gasteiger partial charge on any atom is 0.140 e. The lowest BCUT2D eigenvalue weighted by Crippen LogP contribution is -2.29. The van der Waals surface area contributed by atoms with Gasteiger partial charge in [-0.15, -0.1) is 0 Å². The van der Waals surface area contributed by atoms with Gasteiger partial charge in [-0.05, 0) is 53.4 Å². The third-order valence-corrected chi connectivity index (χ3v) is 3.68. The molecule has 1 aliphatic rings. The van der Waals surface area contributed by atoms with Crippen molar-refractivity contribution in [2.45, 2.75) is 25.3 Å². The summed E-state index contributed by atoms with van der Waals surface area (Å²) in [4.78, 5) is 4.31. The second kappa shape index (κ2) is 4.94. The van der Waals surface area contributed by atoms with Crippen LogP contribution in [0.25, 0.3) is 0 Å². The molecule has 4 heteroatoms. The molecular formula is C11H16BrN3. The van der Waals surface area contributed by atoms with E-state index in [4.69, 9.17) is 5.73 Å². The van der Waals surface area contributed by atoms with E-state index in [0.29, 0.717) is 12.0 Å². The third-order valence-electron chi connectivity index (χ3n) is 3.04. The van der Waals surface area contributed by atoms with Gasteiger partial charge < -0.3 is 11.1 Å². The van der Waals surface area contributed by atoms with Crippen LogP contribution in [0.5, 0.6) is 0 Å². The van der Waals surface area contributed by atoms with Crippen molar-refractivity contribution in [2.24, 2.45) is 11.7 Å². The molecule has 0 spiro atoms. The van der Waals surface area contributed by atoms with Gasteiger partial charge in [0.25, 0.3) is 0 Å². The Balaban J connectivity index is 2.05. The first-order chi connectivity index (χ1) is 7.31. The second-order valence-electron chi connectivity index (χ2n) is 4.01. The predicted molar refractivity (Wildman–Crippen MR) is 65.7 cm³/mol. The Morgan fingerprint density at radius 2 is 2.40 bits per heavy atom. The number of nitrogens with one attached hydrogen (secondary N) is 1. The molecule has 2 atom stereocenters. The van der Waals surface area contributed by atoms with Crippen LogP contribution in [-0.2, 0) is 0 Å². The molecule has 1 saturated carbocycles. The quantitative estimate of drug-likeness (QED) is 0.886. The highest BCUT2D eigenvalue weighted by molar-refractivity contribution is 9.10. The monoisotopic (exact) mass is 269 g/mol. The van der Waals surface area contributed by atoms with E-state index in [9.17, 15) is 0 Å². The molecule has 1 aromatic rings. The van der Waals surface area contributed by atoms with Crippen molar-refractivity contribution >= 4 is 21.7 Å². The van der Waals surface area contributed by atoms with Crippen LogP contribution >= 0.6 is 15.9 Å². The fourth-order valence-corrected chi connectivity index (χ4v) is 2.55. The van der Waals surface area contributed by atoms with Crippen molar-refractivity contribution < 1.29 is 0 Å². The summed E-state index contributed by atoms with van der Waals surface area (Å²) in [6.45, 7) is 0.766. The molecule has 2 rings (SSSR count). The van der Waals surface area contributed by atoms with Crippen molar-refractivity contribution in [2.75, 3.05) is 11.9 Å². The smallest absolute Gasteiger partial charge is 0.140 e. The number of nitrogens with zero attached hydrogens (tertiary/aromatic N) is 1. The van der Waals surface area contributed by atoms with Crippen LogP contribution < -0.4 is 11.1 Å². The number of aromatic nitrogens is 1. The maximum atomic E-state index is 5.74. The van der Waals surface area contributed by atoms with Gasteiger partial charge in [0.2, 0.25) is 0 Å². The molecule has 0 amide bonds. The molecule has 3 nitrogen and oxygen atoms in total. The molecule has 0 radical (unpaired) electrons. The van der Waals surface area contributed by atoms with E-state index >= 15 is 0 Å². The highest BCUT2D eigenvalue weighted by Crippen LogP contribution is 2.29. The van der Waals surface area contributed by atoms with Gasteiger partial charge in [-0.1, -0.05) is 6.42 Å². The number of nitrogens with two attached hydrogens (primary N) is 1. The Kier molecular flexibility index (Phi) is 3.59. The summed E-state index contributed by atoms with van der Waals surface area (Å²) in [5, 5.41) is 3.47. The van der Waals surface area contributed by atoms with E-state index in [0.717, 1.165) is 16.8 Å². The summed E-state index contributed by atoms with van der Waals surface area (Å²) in [5.74, 6) is 1.53. The zero-order valence-corrected chi connectivity index (χ0v) is 10.2. The maximum absolute atomic E-state index is 5.74. The minimum absolute atomic E-state index is 0.487. The Bertz CT molecular complexity index is 329. The fourth-order valence-electron chi connectivity index (χ4n) is 2.18. The molecule has 1 aliphatic carbocycles. The molecule has 3 N–H and O–H groups in total. The van der Waals surface area contributed by atoms with Gasteiger partial charge >= 0.3 is 0 Å². The first-order valence-corrected chi connectivity index (χ1v) is 6.17. The zero-order valence-electron chi connectivity index (χ0n) is 8.62. The van der Waals surface area contributed by atoms with E-state index in [1.54, 1.807) is 6.20 Å². The van der Waals surface area contributed by atoms with E-state index in [1.165, 1.54) is 19.3 Å². The Labute approximate surface area is 98.6 Å². The molecule has 15 heavy (non-hydrogen) atoms. The summed E-state index contributed by atoms with van der Waals surface area (Å²) < 4.78 is 1.02. The average Bonchev–Trinajstić information content (AvgIpc) is 2.69. The molecule has 0 bridgehead atoms. The molecular weight excluding hydrogens is 254 g/mol. The Morgan fingerprint density at radius 1 is 1.53 bits per heavy atom. The van der Waals surface area contributed by atoms with Gasteiger partial charge in [0.15, 0.2) is 0 Å². The van der Waals surface area contributed by atoms with E-state index < -0.39 is 0 Å². The summed E-state index contributed by atoms with van der Waals surface area (Å²) in [6, 6.07) is 4.41. The van der Waals surface area contributed by atoms with Crippen LogP contribution in [-0.4, -0.2) is 17.6 Å². The van der Waals surface area contributed by atoms with Gasteiger partial charge in [-0.25, -0.2) is 4.98 Å².